The largest absolute Gasteiger partial charge is 0.461 e. The lowest BCUT2D eigenvalue weighted by Crippen LogP contribution is -2.60. The van der Waals surface area contributed by atoms with Gasteiger partial charge in [0.25, 0.3) is 0 Å². The first-order chi connectivity index (χ1) is 23.4. The van der Waals surface area contributed by atoms with E-state index in [0.717, 1.165) is 5.56 Å². The van der Waals surface area contributed by atoms with Crippen molar-refractivity contribution in [1.82, 2.24) is 30.7 Å². The summed E-state index contributed by atoms with van der Waals surface area (Å²) in [5.74, 6) is -4.33. The van der Waals surface area contributed by atoms with Gasteiger partial charge in [-0.3, -0.25) is 28.8 Å². The smallest absolute Gasteiger partial charge is 0.328 e. The number of cyclic esters (lactones) is 1. The van der Waals surface area contributed by atoms with Crippen molar-refractivity contribution in [2.24, 2.45) is 5.92 Å². The van der Waals surface area contributed by atoms with Crippen molar-refractivity contribution in [3.05, 3.63) is 35.9 Å². The van der Waals surface area contributed by atoms with Crippen molar-refractivity contribution >= 4 is 41.4 Å². The molecule has 0 radical (unpaired) electrons. The molecule has 0 aliphatic carbocycles. The Hall–Kier alpha value is -4.53. The number of hydrogen-bond acceptors (Lipinski definition) is 9. The Bertz CT molecular complexity index is 1410. The number of likely N-dealkylation sites (N-methyl/N-ethyl adjacent to an activating group) is 1. The molecule has 15 nitrogen and oxygen atoms in total. The molecule has 0 spiro atoms. The first-order valence-corrected chi connectivity index (χ1v) is 16.9. The minimum absolute atomic E-state index is 0.0687. The lowest BCUT2D eigenvalue weighted by molar-refractivity contribution is -0.158. The molecule has 6 amide bonds. The molecule has 268 valence electrons. The van der Waals surface area contributed by atoms with E-state index >= 15 is 0 Å². The monoisotopic (exact) mass is 684 g/mol. The van der Waals surface area contributed by atoms with Crippen molar-refractivity contribution in [1.29, 1.82) is 0 Å². The molecule has 1 aromatic rings. The molecule has 7 atom stereocenters. The topological polar surface area (TPSA) is 195 Å². The van der Waals surface area contributed by atoms with Crippen LogP contribution in [0.5, 0.6) is 0 Å². The molecule has 15 heteroatoms. The average Bonchev–Trinajstić information content (AvgIpc) is 3.74. The summed E-state index contributed by atoms with van der Waals surface area (Å²) >= 11 is 0. The fourth-order valence-electron chi connectivity index (χ4n) is 6.70. The second-order valence-corrected chi connectivity index (χ2v) is 13.1. The van der Waals surface area contributed by atoms with Crippen LogP contribution in [0.15, 0.2) is 30.3 Å². The van der Waals surface area contributed by atoms with Crippen LogP contribution in [-0.2, 0) is 44.7 Å². The molecule has 4 N–H and O–H groups in total. The number of hydrogen-bond donors (Lipinski definition) is 4. The van der Waals surface area contributed by atoms with Crippen LogP contribution in [0.2, 0.25) is 0 Å². The predicted molar refractivity (Wildman–Crippen MR) is 175 cm³/mol. The quantitative estimate of drug-likeness (QED) is 0.251. The third kappa shape index (κ3) is 8.94. The maximum absolute atomic E-state index is 14.2. The zero-order valence-corrected chi connectivity index (χ0v) is 28.6. The number of amides is 6. The SMILES string of the molecule is CCC(=O)N[C@@H](Cc1ccccc1)C(=O)N[C@H]1COC(=O)[C@@H]2C[C@@H](C)CN2C(=O)[C@H](C)NC(=O)[C@H](CCO)N(C)C(=O)[C@@H]2CCCN2C1=O. The fourth-order valence-corrected chi connectivity index (χ4v) is 6.70. The highest BCUT2D eigenvalue weighted by atomic mass is 16.5. The third-order valence-electron chi connectivity index (χ3n) is 9.40. The van der Waals surface area contributed by atoms with Crippen LogP contribution in [-0.4, -0.2) is 131 Å². The summed E-state index contributed by atoms with van der Waals surface area (Å²) in [6, 6.07) is 2.33. The van der Waals surface area contributed by atoms with E-state index in [0.29, 0.717) is 6.42 Å². The lowest BCUT2D eigenvalue weighted by atomic mass is 10.0. The Morgan fingerprint density at radius 2 is 1.73 bits per heavy atom. The number of rotatable bonds is 8. The van der Waals surface area contributed by atoms with Gasteiger partial charge >= 0.3 is 5.97 Å². The molecule has 3 fully saturated rings. The van der Waals surface area contributed by atoms with Crippen LogP contribution in [0.3, 0.4) is 0 Å². The Morgan fingerprint density at radius 3 is 2.41 bits per heavy atom. The highest BCUT2D eigenvalue weighted by molar-refractivity contribution is 5.97. The Balaban J connectivity index is 1.69. The van der Waals surface area contributed by atoms with Crippen molar-refractivity contribution in [2.75, 3.05) is 33.4 Å². The number of benzene rings is 1. The Labute approximate surface area is 286 Å². The van der Waals surface area contributed by atoms with Crippen molar-refractivity contribution in [2.45, 2.75) is 95.5 Å². The summed E-state index contributed by atoms with van der Waals surface area (Å²) in [6.07, 6.45) is 1.14. The number of esters is 1. The number of carbonyl (C=O) groups is 7. The molecule has 3 heterocycles. The van der Waals surface area contributed by atoms with E-state index in [-0.39, 0.29) is 57.0 Å². The molecule has 4 rings (SSSR count). The molecule has 0 aromatic heterocycles. The van der Waals surface area contributed by atoms with Crippen LogP contribution in [0.1, 0.15) is 58.4 Å². The number of aliphatic hydroxyl groups is 1. The first-order valence-electron chi connectivity index (χ1n) is 16.9. The second-order valence-electron chi connectivity index (χ2n) is 13.1. The zero-order chi connectivity index (χ0) is 35.8. The van der Waals surface area contributed by atoms with Crippen LogP contribution >= 0.6 is 0 Å². The Morgan fingerprint density at radius 1 is 1.02 bits per heavy atom. The van der Waals surface area contributed by atoms with E-state index in [4.69, 9.17) is 4.74 Å². The summed E-state index contributed by atoms with van der Waals surface area (Å²) in [6.45, 7) is 4.39. The molecule has 3 saturated heterocycles. The molecule has 49 heavy (non-hydrogen) atoms. The van der Waals surface area contributed by atoms with Crippen LogP contribution in [0.4, 0.5) is 0 Å². The summed E-state index contributed by atoms with van der Waals surface area (Å²) in [5, 5.41) is 17.8. The van der Waals surface area contributed by atoms with Gasteiger partial charge in [0.15, 0.2) is 0 Å². The summed E-state index contributed by atoms with van der Waals surface area (Å²) in [5.41, 5.74) is 0.763. The highest BCUT2D eigenvalue weighted by Crippen LogP contribution is 2.26. The minimum Gasteiger partial charge on any atom is -0.461 e. The van der Waals surface area contributed by atoms with Gasteiger partial charge in [0.05, 0.1) is 0 Å². The maximum Gasteiger partial charge on any atom is 0.328 e. The molecule has 0 unspecified atom stereocenters. The van der Waals surface area contributed by atoms with Crippen molar-refractivity contribution in [3.63, 3.8) is 0 Å². The van der Waals surface area contributed by atoms with Crippen LogP contribution < -0.4 is 16.0 Å². The molecule has 3 aliphatic rings. The first kappa shape index (κ1) is 37.3. The van der Waals surface area contributed by atoms with Gasteiger partial charge < -0.3 is 40.5 Å². The molecule has 3 aliphatic heterocycles. The molecule has 0 saturated carbocycles. The van der Waals surface area contributed by atoms with Crippen LogP contribution in [0.25, 0.3) is 0 Å². The van der Waals surface area contributed by atoms with E-state index in [1.165, 1.54) is 28.7 Å². The molecule has 1 aromatic carbocycles. The molecular weight excluding hydrogens is 636 g/mol. The predicted octanol–water partition coefficient (Wildman–Crippen LogP) is -0.892. The minimum atomic E-state index is -1.43. The van der Waals surface area contributed by atoms with Gasteiger partial charge in [-0.05, 0) is 44.1 Å². The van der Waals surface area contributed by atoms with Crippen molar-refractivity contribution < 1.29 is 43.4 Å². The summed E-state index contributed by atoms with van der Waals surface area (Å²) in [7, 11) is 1.41. The fraction of sp³-hybridized carbons (Fsp3) is 0.618. The Kier molecular flexibility index (Phi) is 12.7. The standard InChI is InChI=1S/C34H48N6O9/c1-5-28(42)36-23(17-22-10-7-6-8-11-22)29(43)37-24-19-49-34(48)27-16-20(2)18-40(27)31(45)21(3)35-30(44)25(13-15-41)38(4)33(47)26-12-9-14-39(26)32(24)46/h6-8,10-11,20-21,23-27,41H,5,9,12-19H2,1-4H3,(H,35,44)(H,36,42)(H,37,43)/t20-,21+,23+,24+,25+,26+,27+/m1/s1. The maximum atomic E-state index is 14.2. The van der Waals surface area contributed by atoms with Gasteiger partial charge in [0, 0.05) is 39.6 Å². The number of nitrogens with zero attached hydrogens (tertiary/aromatic N) is 3. The average molecular weight is 685 g/mol. The number of aliphatic hydroxyl groups excluding tert-OH is 1. The number of fused-ring (bicyclic) bond motifs is 2. The normalized spacial score (nSPS) is 27.6. The third-order valence-corrected chi connectivity index (χ3v) is 9.40. The van der Waals surface area contributed by atoms with E-state index < -0.39 is 85.0 Å². The number of nitrogens with one attached hydrogen (secondary N) is 3. The van der Waals surface area contributed by atoms with Gasteiger partial charge in [-0.2, -0.15) is 0 Å². The van der Waals surface area contributed by atoms with Gasteiger partial charge in [-0.25, -0.2) is 4.79 Å². The summed E-state index contributed by atoms with van der Waals surface area (Å²) < 4.78 is 5.65. The van der Waals surface area contributed by atoms with E-state index in [2.05, 4.69) is 16.0 Å². The van der Waals surface area contributed by atoms with E-state index in [1.54, 1.807) is 31.2 Å². The van der Waals surface area contributed by atoms with Gasteiger partial charge in [-0.15, -0.1) is 0 Å². The zero-order valence-electron chi connectivity index (χ0n) is 28.6. The van der Waals surface area contributed by atoms with Gasteiger partial charge in [-0.1, -0.05) is 44.2 Å². The lowest BCUT2D eigenvalue weighted by Gasteiger charge is -2.35. The molecular formula is C34H48N6O9. The van der Waals surface area contributed by atoms with Crippen molar-refractivity contribution in [3.8, 4) is 0 Å². The number of ether oxygens (including phenoxy) is 1. The van der Waals surface area contributed by atoms with Gasteiger partial charge in [0.1, 0.15) is 42.9 Å². The van der Waals surface area contributed by atoms with Gasteiger partial charge in [0.2, 0.25) is 35.4 Å². The van der Waals surface area contributed by atoms with E-state index in [1.807, 2.05) is 13.0 Å². The highest BCUT2D eigenvalue weighted by Gasteiger charge is 2.45. The molecule has 0 bridgehead atoms. The number of carbonyl (C=O) groups excluding carboxylic acids is 7. The van der Waals surface area contributed by atoms with E-state index in [9.17, 15) is 38.7 Å². The summed E-state index contributed by atoms with van der Waals surface area (Å²) in [4.78, 5) is 98.6. The second kappa shape index (κ2) is 16.7. The van der Waals surface area contributed by atoms with Crippen LogP contribution in [0, 0.1) is 5.92 Å².